The van der Waals surface area contributed by atoms with Crippen LogP contribution in [0.4, 0.5) is 0 Å². The van der Waals surface area contributed by atoms with E-state index in [1.807, 2.05) is 6.92 Å². The molecule has 1 aliphatic rings. The van der Waals surface area contributed by atoms with Gasteiger partial charge in [0.15, 0.2) is 5.78 Å². The van der Waals surface area contributed by atoms with E-state index >= 15 is 0 Å². The molecule has 2 atom stereocenters. The predicted octanol–water partition coefficient (Wildman–Crippen LogP) is 0.111. The van der Waals surface area contributed by atoms with Gasteiger partial charge >= 0.3 is 0 Å². The number of nitrogens with one attached hydrogen (secondary N) is 1. The molecule has 0 aromatic heterocycles. The highest BCUT2D eigenvalue weighted by Gasteiger charge is 2.43. The number of Topliss-reactive ketones (excluding diaryl/α,β-unsaturated/α-hetero) is 1. The first-order valence-corrected chi connectivity index (χ1v) is 7.99. The molecule has 1 rings (SSSR count). The Morgan fingerprint density at radius 1 is 1.55 bits per heavy atom. The van der Waals surface area contributed by atoms with Crippen LogP contribution in [0.1, 0.15) is 33.1 Å². The molecule has 1 heterocycles. The fraction of sp³-hybridized carbons (Fsp3) is 0.769. The molecule has 0 radical (unpaired) electrons. The third-order valence-electron chi connectivity index (χ3n) is 3.09. The van der Waals surface area contributed by atoms with Crippen molar-refractivity contribution in [3.05, 3.63) is 0 Å². The van der Waals surface area contributed by atoms with Gasteiger partial charge in [-0.25, -0.2) is 0 Å². The maximum absolute atomic E-state index is 12.3. The fourth-order valence-electron chi connectivity index (χ4n) is 2.07. The number of carbonyl (C=O) groups excluding carboxylic acids is 3. The Labute approximate surface area is 123 Å². The van der Waals surface area contributed by atoms with E-state index in [4.69, 9.17) is 5.73 Å². The molecule has 0 aromatic carbocycles. The van der Waals surface area contributed by atoms with Crippen molar-refractivity contribution in [2.45, 2.75) is 44.5 Å². The summed E-state index contributed by atoms with van der Waals surface area (Å²) >= 11 is 1.38. The van der Waals surface area contributed by atoms with Crippen LogP contribution in [0, 0.1) is 0 Å². The molecule has 1 saturated heterocycles. The summed E-state index contributed by atoms with van der Waals surface area (Å²) in [6, 6.07) is 0. The number of amides is 2. The monoisotopic (exact) mass is 301 g/mol. The number of imide groups is 1. The maximum Gasteiger partial charge on any atom is 0.244 e. The second-order valence-electron chi connectivity index (χ2n) is 4.78. The van der Waals surface area contributed by atoms with Crippen LogP contribution in [0.2, 0.25) is 0 Å². The van der Waals surface area contributed by atoms with Gasteiger partial charge in [-0.15, -0.1) is 11.8 Å². The van der Waals surface area contributed by atoms with Crippen LogP contribution >= 0.6 is 11.8 Å². The van der Waals surface area contributed by atoms with E-state index in [0.29, 0.717) is 18.8 Å². The SMILES string of the molecule is CCCCNC(C(C)=O)N1C(=O)CC(SCCN)C1=O. The highest BCUT2D eigenvalue weighted by atomic mass is 32.2. The van der Waals surface area contributed by atoms with Crippen LogP contribution in [-0.2, 0) is 14.4 Å². The molecular formula is C13H23N3O3S. The zero-order chi connectivity index (χ0) is 15.1. The third-order valence-corrected chi connectivity index (χ3v) is 4.33. The summed E-state index contributed by atoms with van der Waals surface area (Å²) < 4.78 is 0. The van der Waals surface area contributed by atoms with Crippen LogP contribution in [-0.4, -0.2) is 52.8 Å². The standard InChI is InChI=1S/C13H23N3O3S/c1-3-4-6-15-12(9(2)17)16-11(18)8-10(13(16)19)20-7-5-14/h10,12,15H,3-8,14H2,1-2H3. The number of thioether (sulfide) groups is 1. The van der Waals surface area contributed by atoms with Gasteiger partial charge in [-0.2, -0.15) is 0 Å². The van der Waals surface area contributed by atoms with Gasteiger partial charge in [-0.1, -0.05) is 13.3 Å². The van der Waals surface area contributed by atoms with Gasteiger partial charge in [0.2, 0.25) is 11.8 Å². The summed E-state index contributed by atoms with van der Waals surface area (Å²) in [5, 5.41) is 2.60. The van der Waals surface area contributed by atoms with Crippen molar-refractivity contribution in [2.24, 2.45) is 5.73 Å². The zero-order valence-electron chi connectivity index (χ0n) is 12.1. The number of hydrogen-bond donors (Lipinski definition) is 2. The van der Waals surface area contributed by atoms with E-state index < -0.39 is 11.4 Å². The zero-order valence-corrected chi connectivity index (χ0v) is 12.9. The van der Waals surface area contributed by atoms with Crippen LogP contribution in [0.25, 0.3) is 0 Å². The molecule has 7 heteroatoms. The number of carbonyl (C=O) groups is 3. The largest absolute Gasteiger partial charge is 0.330 e. The summed E-state index contributed by atoms with van der Waals surface area (Å²) in [5.41, 5.74) is 5.41. The summed E-state index contributed by atoms with van der Waals surface area (Å²) in [4.78, 5) is 37.0. The van der Waals surface area contributed by atoms with E-state index in [-0.39, 0.29) is 24.0 Å². The number of nitrogens with two attached hydrogens (primary N) is 1. The normalized spacial score (nSPS) is 20.6. The van der Waals surface area contributed by atoms with Crippen molar-refractivity contribution in [1.82, 2.24) is 10.2 Å². The van der Waals surface area contributed by atoms with E-state index in [9.17, 15) is 14.4 Å². The molecule has 0 spiro atoms. The highest BCUT2D eigenvalue weighted by molar-refractivity contribution is 8.00. The number of likely N-dealkylation sites (tertiary alicyclic amines) is 1. The second-order valence-corrected chi connectivity index (χ2v) is 6.09. The minimum absolute atomic E-state index is 0.155. The van der Waals surface area contributed by atoms with Crippen molar-refractivity contribution < 1.29 is 14.4 Å². The van der Waals surface area contributed by atoms with Crippen molar-refractivity contribution in [2.75, 3.05) is 18.8 Å². The molecule has 1 fully saturated rings. The lowest BCUT2D eigenvalue weighted by molar-refractivity contribution is -0.146. The van der Waals surface area contributed by atoms with E-state index in [1.165, 1.54) is 18.7 Å². The van der Waals surface area contributed by atoms with Crippen molar-refractivity contribution >= 4 is 29.4 Å². The van der Waals surface area contributed by atoms with Crippen LogP contribution < -0.4 is 11.1 Å². The van der Waals surface area contributed by atoms with Gasteiger partial charge < -0.3 is 5.73 Å². The van der Waals surface area contributed by atoms with Gasteiger partial charge in [0, 0.05) is 18.7 Å². The Morgan fingerprint density at radius 3 is 2.80 bits per heavy atom. The summed E-state index contributed by atoms with van der Waals surface area (Å²) in [5.74, 6) is -0.149. The molecule has 0 saturated carbocycles. The van der Waals surface area contributed by atoms with E-state index in [0.717, 1.165) is 17.7 Å². The molecular weight excluding hydrogens is 278 g/mol. The average Bonchev–Trinajstić information content (AvgIpc) is 2.67. The lowest BCUT2D eigenvalue weighted by Crippen LogP contribution is -2.53. The Balaban J connectivity index is 2.72. The average molecular weight is 301 g/mol. The first-order chi connectivity index (χ1) is 9.52. The lowest BCUT2D eigenvalue weighted by atomic mass is 10.2. The predicted molar refractivity (Wildman–Crippen MR) is 79.2 cm³/mol. The maximum atomic E-state index is 12.3. The van der Waals surface area contributed by atoms with E-state index in [2.05, 4.69) is 5.32 Å². The quantitative estimate of drug-likeness (QED) is 0.464. The molecule has 2 unspecified atom stereocenters. The minimum atomic E-state index is -0.829. The van der Waals surface area contributed by atoms with Gasteiger partial charge in [0.1, 0.15) is 6.17 Å². The highest BCUT2D eigenvalue weighted by Crippen LogP contribution is 2.26. The Hall–Kier alpha value is -0.920. The fourth-order valence-corrected chi connectivity index (χ4v) is 3.00. The van der Waals surface area contributed by atoms with Crippen LogP contribution in [0.15, 0.2) is 0 Å². The first-order valence-electron chi connectivity index (χ1n) is 6.94. The Kier molecular flexibility index (Phi) is 7.18. The number of ketones is 1. The van der Waals surface area contributed by atoms with Crippen molar-refractivity contribution in [3.8, 4) is 0 Å². The molecule has 1 aliphatic heterocycles. The molecule has 2 amide bonds. The van der Waals surface area contributed by atoms with Crippen molar-refractivity contribution in [1.29, 1.82) is 0 Å². The lowest BCUT2D eigenvalue weighted by Gasteiger charge is -2.25. The third kappa shape index (κ3) is 4.29. The molecule has 0 bridgehead atoms. The molecule has 20 heavy (non-hydrogen) atoms. The molecule has 6 nitrogen and oxygen atoms in total. The van der Waals surface area contributed by atoms with Crippen LogP contribution in [0.3, 0.4) is 0 Å². The smallest absolute Gasteiger partial charge is 0.244 e. The van der Waals surface area contributed by atoms with Gasteiger partial charge in [-0.05, 0) is 19.9 Å². The molecule has 0 aliphatic carbocycles. The minimum Gasteiger partial charge on any atom is -0.330 e. The summed E-state index contributed by atoms with van der Waals surface area (Å²) in [7, 11) is 0. The number of nitrogens with zero attached hydrogens (tertiary/aromatic N) is 1. The molecule has 0 aromatic rings. The van der Waals surface area contributed by atoms with Gasteiger partial charge in [0.25, 0.3) is 0 Å². The van der Waals surface area contributed by atoms with Crippen LogP contribution in [0.5, 0.6) is 0 Å². The first kappa shape index (κ1) is 17.1. The summed E-state index contributed by atoms with van der Waals surface area (Å²) in [6.45, 7) is 4.51. The number of rotatable bonds is 9. The second kappa shape index (κ2) is 8.39. The topological polar surface area (TPSA) is 92.5 Å². The summed E-state index contributed by atoms with van der Waals surface area (Å²) in [6.07, 6.45) is 1.20. The number of unbranched alkanes of at least 4 members (excludes halogenated alkanes) is 1. The van der Waals surface area contributed by atoms with E-state index in [1.54, 1.807) is 0 Å². The van der Waals surface area contributed by atoms with Gasteiger partial charge in [0.05, 0.1) is 5.25 Å². The molecule has 3 N–H and O–H groups in total. The van der Waals surface area contributed by atoms with Gasteiger partial charge in [-0.3, -0.25) is 24.6 Å². The Bertz CT molecular complexity index is 376. The number of hydrogen-bond acceptors (Lipinski definition) is 6. The molecule has 114 valence electrons. The van der Waals surface area contributed by atoms with Crippen molar-refractivity contribution in [3.63, 3.8) is 0 Å². The Morgan fingerprint density at radius 2 is 2.25 bits per heavy atom.